The van der Waals surface area contributed by atoms with Gasteiger partial charge in [-0.25, -0.2) is 0 Å². The fourth-order valence-corrected chi connectivity index (χ4v) is 4.88. The molecule has 0 aliphatic carbocycles. The number of benzene rings is 1. The lowest BCUT2D eigenvalue weighted by atomic mass is 9.66. The number of Topliss-reactive ketones (excluding diaryl/α,β-unsaturated/α-hetero) is 1. The molecule has 1 aromatic carbocycles. The second kappa shape index (κ2) is 7.70. The smallest absolute Gasteiger partial charge is 0.223 e. The molecule has 3 aliphatic rings. The first-order chi connectivity index (χ1) is 13.1. The van der Waals surface area contributed by atoms with E-state index < -0.39 is 5.60 Å². The molecule has 1 aromatic rings. The fraction of sp³-hybridized carbons (Fsp3) is 0.619. The van der Waals surface area contributed by atoms with Gasteiger partial charge in [0.2, 0.25) is 5.91 Å². The molecule has 0 unspecified atom stereocenters. The third-order valence-corrected chi connectivity index (χ3v) is 6.43. The molecule has 0 saturated carbocycles. The zero-order valence-corrected chi connectivity index (χ0v) is 15.5. The molecule has 6 nitrogen and oxygen atoms in total. The van der Waals surface area contributed by atoms with E-state index in [-0.39, 0.29) is 42.4 Å². The van der Waals surface area contributed by atoms with Crippen LogP contribution in [0.25, 0.3) is 0 Å². The molecule has 1 amide bonds. The van der Waals surface area contributed by atoms with Crippen molar-refractivity contribution in [1.82, 2.24) is 4.90 Å². The van der Waals surface area contributed by atoms with Crippen molar-refractivity contribution in [2.75, 3.05) is 33.0 Å². The van der Waals surface area contributed by atoms with Gasteiger partial charge in [-0.1, -0.05) is 30.3 Å². The molecule has 0 spiro atoms. The summed E-state index contributed by atoms with van der Waals surface area (Å²) in [5, 5.41) is 11.3. The van der Waals surface area contributed by atoms with Crippen LogP contribution in [-0.2, 0) is 14.3 Å². The van der Waals surface area contributed by atoms with Gasteiger partial charge in [0.1, 0.15) is 0 Å². The molecule has 0 aromatic heterocycles. The summed E-state index contributed by atoms with van der Waals surface area (Å²) in [6.45, 7) is 2.59. The predicted octanol–water partition coefficient (Wildman–Crippen LogP) is 1.66. The number of nitrogens with zero attached hydrogens (tertiary/aromatic N) is 1. The third-order valence-electron chi connectivity index (χ3n) is 6.43. The van der Waals surface area contributed by atoms with Gasteiger partial charge in [0.05, 0.1) is 18.8 Å². The SMILES string of the molecule is O=C(CCC(=O)N1C[C@H]2COCC[C@@]2(O)[C@@H]2COCC[C@@H]21)c1ccccc1. The summed E-state index contributed by atoms with van der Waals surface area (Å²) < 4.78 is 11.2. The van der Waals surface area contributed by atoms with Crippen molar-refractivity contribution < 1.29 is 24.2 Å². The largest absolute Gasteiger partial charge is 0.389 e. The van der Waals surface area contributed by atoms with Crippen LogP contribution in [0.4, 0.5) is 0 Å². The summed E-state index contributed by atoms with van der Waals surface area (Å²) in [5.74, 6) is -0.198. The average Bonchev–Trinajstić information content (AvgIpc) is 2.72. The van der Waals surface area contributed by atoms with Crippen molar-refractivity contribution in [3.05, 3.63) is 35.9 Å². The molecule has 4 atom stereocenters. The highest BCUT2D eigenvalue weighted by Gasteiger charge is 2.56. The number of ketones is 1. The maximum atomic E-state index is 13.0. The first-order valence-electron chi connectivity index (χ1n) is 9.85. The first kappa shape index (κ1) is 18.6. The van der Waals surface area contributed by atoms with Crippen LogP contribution in [0.2, 0.25) is 0 Å². The Bertz CT molecular complexity index is 693. The maximum absolute atomic E-state index is 13.0. The van der Waals surface area contributed by atoms with Gasteiger partial charge in [-0.15, -0.1) is 0 Å². The Morgan fingerprint density at radius 1 is 1.11 bits per heavy atom. The lowest BCUT2D eigenvalue weighted by Crippen LogP contribution is -2.68. The van der Waals surface area contributed by atoms with Crippen molar-refractivity contribution >= 4 is 11.7 Å². The van der Waals surface area contributed by atoms with Crippen LogP contribution in [-0.4, -0.2) is 66.3 Å². The van der Waals surface area contributed by atoms with E-state index in [0.29, 0.717) is 45.0 Å². The van der Waals surface area contributed by atoms with E-state index in [2.05, 4.69) is 0 Å². The van der Waals surface area contributed by atoms with Gasteiger partial charge >= 0.3 is 0 Å². The molecule has 3 aliphatic heterocycles. The van der Waals surface area contributed by atoms with E-state index in [4.69, 9.17) is 9.47 Å². The third kappa shape index (κ3) is 3.53. The van der Waals surface area contributed by atoms with Gasteiger partial charge in [0.15, 0.2) is 5.78 Å². The zero-order valence-electron chi connectivity index (χ0n) is 15.5. The number of amides is 1. The number of carbonyl (C=O) groups excluding carboxylic acids is 2. The number of fused-ring (bicyclic) bond motifs is 3. The van der Waals surface area contributed by atoms with Crippen LogP contribution >= 0.6 is 0 Å². The number of rotatable bonds is 4. The number of piperidine rings is 1. The minimum absolute atomic E-state index is 0.0104. The Balaban J connectivity index is 1.45. The Morgan fingerprint density at radius 2 is 1.89 bits per heavy atom. The lowest BCUT2D eigenvalue weighted by molar-refractivity contribution is -0.219. The molecule has 3 heterocycles. The second-order valence-electron chi connectivity index (χ2n) is 7.89. The van der Waals surface area contributed by atoms with Crippen LogP contribution in [0.15, 0.2) is 30.3 Å². The van der Waals surface area contributed by atoms with Gasteiger partial charge < -0.3 is 19.5 Å². The Labute approximate surface area is 159 Å². The van der Waals surface area contributed by atoms with E-state index in [1.807, 2.05) is 23.1 Å². The molecule has 0 radical (unpaired) electrons. The highest BCUT2D eigenvalue weighted by Crippen LogP contribution is 2.44. The summed E-state index contributed by atoms with van der Waals surface area (Å²) in [5.41, 5.74) is -0.178. The molecule has 3 fully saturated rings. The molecular weight excluding hydrogens is 346 g/mol. The highest BCUT2D eigenvalue weighted by molar-refractivity contribution is 5.97. The van der Waals surface area contributed by atoms with Crippen molar-refractivity contribution in [3.63, 3.8) is 0 Å². The molecule has 27 heavy (non-hydrogen) atoms. The summed E-state index contributed by atoms with van der Waals surface area (Å²) in [7, 11) is 0. The molecule has 4 rings (SSSR count). The van der Waals surface area contributed by atoms with Crippen molar-refractivity contribution in [2.24, 2.45) is 11.8 Å². The minimum atomic E-state index is -0.819. The molecule has 146 valence electrons. The Kier molecular flexibility index (Phi) is 5.30. The topological polar surface area (TPSA) is 76.1 Å². The summed E-state index contributed by atoms with van der Waals surface area (Å²) in [6, 6.07) is 9.07. The van der Waals surface area contributed by atoms with Crippen molar-refractivity contribution in [1.29, 1.82) is 0 Å². The molecular formula is C21H27NO5. The summed E-state index contributed by atoms with van der Waals surface area (Å²) in [6.07, 6.45) is 1.73. The maximum Gasteiger partial charge on any atom is 0.223 e. The van der Waals surface area contributed by atoms with Crippen LogP contribution in [0.5, 0.6) is 0 Å². The average molecular weight is 373 g/mol. The summed E-state index contributed by atoms with van der Waals surface area (Å²) in [4.78, 5) is 27.2. The van der Waals surface area contributed by atoms with E-state index in [1.165, 1.54) is 0 Å². The van der Waals surface area contributed by atoms with Crippen LogP contribution in [0.1, 0.15) is 36.0 Å². The number of carbonyl (C=O) groups is 2. The van der Waals surface area contributed by atoms with Crippen molar-refractivity contribution in [3.8, 4) is 0 Å². The normalized spacial score (nSPS) is 33.1. The standard InChI is InChI=1S/C21H27NO5/c23-19(15-4-2-1-3-5-15)6-7-20(24)22-12-16-13-27-11-9-21(16,25)17-14-26-10-8-18(17)22/h1-5,16-18,25H,6-14H2/t16-,17+,18-,21-/m0/s1. The van der Waals surface area contributed by atoms with E-state index in [9.17, 15) is 14.7 Å². The molecule has 1 N–H and O–H groups in total. The van der Waals surface area contributed by atoms with E-state index in [1.54, 1.807) is 12.1 Å². The van der Waals surface area contributed by atoms with Crippen LogP contribution in [0.3, 0.4) is 0 Å². The van der Waals surface area contributed by atoms with Gasteiger partial charge in [0.25, 0.3) is 0 Å². The Morgan fingerprint density at radius 3 is 2.70 bits per heavy atom. The van der Waals surface area contributed by atoms with Crippen LogP contribution in [0, 0.1) is 11.8 Å². The van der Waals surface area contributed by atoms with E-state index in [0.717, 1.165) is 6.42 Å². The molecule has 3 saturated heterocycles. The predicted molar refractivity (Wildman–Crippen MR) is 98.3 cm³/mol. The fourth-order valence-electron chi connectivity index (χ4n) is 4.88. The monoisotopic (exact) mass is 373 g/mol. The number of aliphatic hydroxyl groups is 1. The minimum Gasteiger partial charge on any atom is -0.389 e. The zero-order chi connectivity index (χ0) is 18.9. The van der Waals surface area contributed by atoms with Gasteiger partial charge in [0, 0.05) is 62.5 Å². The summed E-state index contributed by atoms with van der Waals surface area (Å²) >= 11 is 0. The molecule has 0 bridgehead atoms. The van der Waals surface area contributed by atoms with Gasteiger partial charge in [-0.2, -0.15) is 0 Å². The Hall–Kier alpha value is -1.76. The van der Waals surface area contributed by atoms with Crippen molar-refractivity contribution in [2.45, 2.75) is 37.3 Å². The lowest BCUT2D eigenvalue weighted by Gasteiger charge is -2.57. The number of likely N-dealkylation sites (tertiary alicyclic amines) is 1. The van der Waals surface area contributed by atoms with Crippen LogP contribution < -0.4 is 0 Å². The number of hydrogen-bond acceptors (Lipinski definition) is 5. The number of hydrogen-bond donors (Lipinski definition) is 1. The number of ether oxygens (including phenoxy) is 2. The van der Waals surface area contributed by atoms with Gasteiger partial charge in [-0.3, -0.25) is 9.59 Å². The first-order valence-corrected chi connectivity index (χ1v) is 9.85. The molecule has 6 heteroatoms. The quantitative estimate of drug-likeness (QED) is 0.813. The highest BCUT2D eigenvalue weighted by atomic mass is 16.5. The second-order valence-corrected chi connectivity index (χ2v) is 7.89. The van der Waals surface area contributed by atoms with Gasteiger partial charge in [-0.05, 0) is 6.42 Å². The van der Waals surface area contributed by atoms with E-state index >= 15 is 0 Å².